The minimum atomic E-state index is 0.0552. The van der Waals surface area contributed by atoms with Crippen molar-refractivity contribution in [3.63, 3.8) is 0 Å². The van der Waals surface area contributed by atoms with Gasteiger partial charge in [0.15, 0.2) is 5.78 Å². The first-order chi connectivity index (χ1) is 11.9. The Labute approximate surface area is 163 Å². The molecule has 1 aliphatic rings. The third-order valence-electron chi connectivity index (χ3n) is 4.10. The van der Waals surface area contributed by atoms with Gasteiger partial charge in [-0.2, -0.15) is 0 Å². The van der Waals surface area contributed by atoms with Gasteiger partial charge in [-0.15, -0.1) is 0 Å². The largest absolute Gasteiger partial charge is 0.507 e. The molecule has 1 aliphatic carbocycles. The predicted octanol–water partition coefficient (Wildman–Crippen LogP) is 5.84. The number of aromatic hydroxyl groups is 2. The van der Waals surface area contributed by atoms with Crippen molar-refractivity contribution in [1.82, 2.24) is 0 Å². The highest BCUT2D eigenvalue weighted by Gasteiger charge is 2.20. The lowest BCUT2D eigenvalue weighted by atomic mass is 9.87. The quantitative estimate of drug-likeness (QED) is 0.549. The lowest BCUT2D eigenvalue weighted by molar-refractivity contribution is -0.112. The van der Waals surface area contributed by atoms with Crippen LogP contribution >= 0.6 is 31.9 Å². The molecule has 1 fully saturated rings. The van der Waals surface area contributed by atoms with Gasteiger partial charge in [-0.25, -0.2) is 0 Å². The summed E-state index contributed by atoms with van der Waals surface area (Å²) < 4.78 is 1.21. The number of hydrogen-bond donors (Lipinski definition) is 2. The lowest BCUT2D eigenvalue weighted by Crippen LogP contribution is -2.12. The molecule has 0 aliphatic heterocycles. The Hall–Kier alpha value is -1.85. The average molecular weight is 464 g/mol. The van der Waals surface area contributed by atoms with Gasteiger partial charge in [-0.05, 0) is 98.7 Å². The van der Waals surface area contributed by atoms with Crippen molar-refractivity contribution in [3.8, 4) is 11.5 Å². The summed E-state index contributed by atoms with van der Waals surface area (Å²) in [5.41, 5.74) is 3.30. The van der Waals surface area contributed by atoms with Gasteiger partial charge >= 0.3 is 0 Å². The molecule has 3 nitrogen and oxygen atoms in total. The maximum Gasteiger partial charge on any atom is 0.185 e. The third kappa shape index (κ3) is 4.22. The Kier molecular flexibility index (Phi) is 5.45. The second-order valence-corrected chi connectivity index (χ2v) is 7.65. The molecule has 2 aromatic carbocycles. The Balaban J connectivity index is 1.89. The van der Waals surface area contributed by atoms with E-state index in [9.17, 15) is 15.0 Å². The number of hydrogen-bond acceptors (Lipinski definition) is 3. The summed E-state index contributed by atoms with van der Waals surface area (Å²) >= 11 is 6.59. The number of phenolic OH excluding ortho intramolecular Hbond substituents is 2. The van der Waals surface area contributed by atoms with Crippen LogP contribution in [0.4, 0.5) is 0 Å². The molecule has 0 atom stereocenters. The molecule has 2 aromatic rings. The summed E-state index contributed by atoms with van der Waals surface area (Å²) in [4.78, 5) is 12.8. The number of halogens is 2. The summed E-state index contributed by atoms with van der Waals surface area (Å²) in [6.45, 7) is 0. The summed E-state index contributed by atoms with van der Waals surface area (Å²) in [7, 11) is 0. The van der Waals surface area contributed by atoms with E-state index in [0.29, 0.717) is 8.95 Å². The van der Waals surface area contributed by atoms with E-state index in [-0.39, 0.29) is 17.3 Å². The maximum atomic E-state index is 12.8. The maximum absolute atomic E-state index is 12.8. The fourth-order valence-electron chi connectivity index (χ4n) is 2.81. The topological polar surface area (TPSA) is 57.5 Å². The SMILES string of the molecule is O=C1C(=Cc2ccc(O)c(Br)c2)CCC/C1=C\c1ccc(O)c(Br)c1. The van der Waals surface area contributed by atoms with E-state index in [1.807, 2.05) is 12.2 Å². The molecular formula is C20H16Br2O3. The minimum Gasteiger partial charge on any atom is -0.507 e. The van der Waals surface area contributed by atoms with E-state index in [1.165, 1.54) is 0 Å². The van der Waals surface area contributed by atoms with E-state index in [4.69, 9.17) is 0 Å². The monoisotopic (exact) mass is 462 g/mol. The highest BCUT2D eigenvalue weighted by molar-refractivity contribution is 9.10. The number of Topliss-reactive ketones (excluding diaryl/α,β-unsaturated/α-hetero) is 1. The van der Waals surface area contributed by atoms with Crippen LogP contribution < -0.4 is 0 Å². The van der Waals surface area contributed by atoms with Crippen molar-refractivity contribution in [2.45, 2.75) is 19.3 Å². The van der Waals surface area contributed by atoms with Gasteiger partial charge in [0.1, 0.15) is 11.5 Å². The molecule has 0 unspecified atom stereocenters. The Morgan fingerprint density at radius 3 is 1.64 bits per heavy atom. The summed E-state index contributed by atoms with van der Waals surface area (Å²) in [5.74, 6) is 0.408. The number of carbonyl (C=O) groups is 1. The third-order valence-corrected chi connectivity index (χ3v) is 5.37. The van der Waals surface area contributed by atoms with Crippen molar-refractivity contribution in [2.75, 3.05) is 0 Å². The minimum absolute atomic E-state index is 0.0552. The van der Waals surface area contributed by atoms with Crippen molar-refractivity contribution in [2.24, 2.45) is 0 Å². The molecule has 128 valence electrons. The summed E-state index contributed by atoms with van der Waals surface area (Å²) in [6.07, 6.45) is 6.17. The van der Waals surface area contributed by atoms with Gasteiger partial charge in [0, 0.05) is 11.1 Å². The predicted molar refractivity (Wildman–Crippen MR) is 106 cm³/mol. The summed E-state index contributed by atoms with van der Waals surface area (Å²) in [5, 5.41) is 19.2. The fourth-order valence-corrected chi connectivity index (χ4v) is 3.60. The first-order valence-electron chi connectivity index (χ1n) is 7.87. The Morgan fingerprint density at radius 1 is 0.800 bits per heavy atom. The van der Waals surface area contributed by atoms with Crippen molar-refractivity contribution in [3.05, 3.63) is 67.6 Å². The molecule has 3 rings (SSSR count). The smallest absolute Gasteiger partial charge is 0.185 e. The Morgan fingerprint density at radius 2 is 1.24 bits per heavy atom. The van der Waals surface area contributed by atoms with E-state index in [2.05, 4.69) is 31.9 Å². The van der Waals surface area contributed by atoms with Crippen LogP contribution in [0.1, 0.15) is 30.4 Å². The zero-order chi connectivity index (χ0) is 18.0. The van der Waals surface area contributed by atoms with Crippen LogP contribution in [-0.2, 0) is 4.79 Å². The molecule has 0 saturated heterocycles. The first kappa shape index (κ1) is 18.0. The van der Waals surface area contributed by atoms with Gasteiger partial charge in [0.25, 0.3) is 0 Å². The highest BCUT2D eigenvalue weighted by atomic mass is 79.9. The van der Waals surface area contributed by atoms with Gasteiger partial charge in [-0.1, -0.05) is 12.1 Å². The van der Waals surface area contributed by atoms with Crippen LogP contribution in [0.5, 0.6) is 11.5 Å². The Bertz CT molecular complexity index is 826. The van der Waals surface area contributed by atoms with Crippen LogP contribution in [0, 0.1) is 0 Å². The molecule has 0 spiro atoms. The molecule has 5 heteroatoms. The molecule has 2 N–H and O–H groups in total. The molecule has 0 radical (unpaired) electrons. The number of ketones is 1. The van der Waals surface area contributed by atoms with Crippen molar-refractivity contribution >= 4 is 49.8 Å². The number of rotatable bonds is 2. The van der Waals surface area contributed by atoms with Gasteiger partial charge in [0.05, 0.1) is 8.95 Å². The van der Waals surface area contributed by atoms with Crippen LogP contribution in [0.2, 0.25) is 0 Å². The highest BCUT2D eigenvalue weighted by Crippen LogP contribution is 2.31. The van der Waals surface area contributed by atoms with Crippen molar-refractivity contribution in [1.29, 1.82) is 0 Å². The van der Waals surface area contributed by atoms with Gasteiger partial charge in [-0.3, -0.25) is 4.79 Å². The molecule has 1 saturated carbocycles. The van der Waals surface area contributed by atoms with Crippen LogP contribution in [0.25, 0.3) is 12.2 Å². The van der Waals surface area contributed by atoms with Crippen LogP contribution in [-0.4, -0.2) is 16.0 Å². The standard InChI is InChI=1S/C20H16Br2O3/c21-16-10-12(4-6-18(16)23)8-14-2-1-3-15(20(14)25)9-13-5-7-19(24)17(22)11-13/h4-11,23-24H,1-3H2/b14-8+,15-9?. The van der Waals surface area contributed by atoms with E-state index >= 15 is 0 Å². The zero-order valence-electron chi connectivity index (χ0n) is 13.3. The van der Waals surface area contributed by atoms with Gasteiger partial charge < -0.3 is 10.2 Å². The molecule has 0 aromatic heterocycles. The molecule has 0 heterocycles. The van der Waals surface area contributed by atoms with Crippen LogP contribution in [0.15, 0.2) is 56.5 Å². The van der Waals surface area contributed by atoms with Crippen LogP contribution in [0.3, 0.4) is 0 Å². The second kappa shape index (κ2) is 7.58. The zero-order valence-corrected chi connectivity index (χ0v) is 16.5. The van der Waals surface area contributed by atoms with Crippen molar-refractivity contribution < 1.29 is 15.0 Å². The van der Waals surface area contributed by atoms with Gasteiger partial charge in [0.2, 0.25) is 0 Å². The molecule has 25 heavy (non-hydrogen) atoms. The van der Waals surface area contributed by atoms with E-state index < -0.39 is 0 Å². The lowest BCUT2D eigenvalue weighted by Gasteiger charge is -2.17. The first-order valence-corrected chi connectivity index (χ1v) is 9.45. The number of benzene rings is 2. The molecule has 0 amide bonds. The number of allylic oxidation sites excluding steroid dienone is 2. The fraction of sp³-hybridized carbons (Fsp3) is 0.150. The average Bonchev–Trinajstić information content (AvgIpc) is 2.58. The second-order valence-electron chi connectivity index (χ2n) is 5.94. The number of phenols is 2. The summed E-state index contributed by atoms with van der Waals surface area (Å²) in [6, 6.07) is 10.4. The molecule has 0 bridgehead atoms. The molecular weight excluding hydrogens is 448 g/mol. The normalized spacial score (nSPS) is 18.1. The number of carbonyl (C=O) groups excluding carboxylic acids is 1. The van der Waals surface area contributed by atoms with E-state index in [0.717, 1.165) is 41.5 Å². The van der Waals surface area contributed by atoms with E-state index in [1.54, 1.807) is 36.4 Å².